The Morgan fingerprint density at radius 2 is 1.67 bits per heavy atom. The number of aliphatic carboxylic acids is 1. The summed E-state index contributed by atoms with van der Waals surface area (Å²) in [5.41, 5.74) is 0. The Kier molecular flexibility index (Phi) is 10.4. The van der Waals surface area contributed by atoms with Crippen LogP contribution < -0.4 is 0 Å². The van der Waals surface area contributed by atoms with E-state index in [0.717, 1.165) is 25.7 Å². The van der Waals surface area contributed by atoms with Gasteiger partial charge in [-0.15, -0.1) is 0 Å². The van der Waals surface area contributed by atoms with Crippen LogP contribution in [0.15, 0.2) is 0 Å². The monoisotopic (exact) mass is 258 g/mol. The highest BCUT2D eigenvalue weighted by molar-refractivity contribution is 5.71. The van der Waals surface area contributed by atoms with E-state index in [1.807, 2.05) is 13.8 Å². The molecule has 0 heterocycles. The number of esters is 1. The molecule has 0 spiro atoms. The number of carbonyl (C=O) groups excluding carboxylic acids is 1. The number of rotatable bonds is 11. The molecule has 0 bridgehead atoms. The molecule has 0 saturated heterocycles. The van der Waals surface area contributed by atoms with Gasteiger partial charge in [0.1, 0.15) is 0 Å². The Hall–Kier alpha value is -1.06. The average Bonchev–Trinajstić information content (AvgIpc) is 2.33. The summed E-state index contributed by atoms with van der Waals surface area (Å²) in [5.74, 6) is -1.26. The molecule has 0 rings (SSSR count). The Balaban J connectivity index is 3.71. The highest BCUT2D eigenvalue weighted by Crippen LogP contribution is 2.16. The molecular weight excluding hydrogens is 232 g/mol. The van der Waals surface area contributed by atoms with Crippen molar-refractivity contribution in [3.63, 3.8) is 0 Å². The standard InChI is InChI=1S/C14H26O4/c1-3-5-8-12(14(16)17)9-7-10-13(15)18-11-6-4-2/h12H,3-11H2,1-2H3,(H,16,17). The first-order valence-electron chi connectivity index (χ1n) is 7.00. The van der Waals surface area contributed by atoms with Gasteiger partial charge in [0.05, 0.1) is 12.5 Å². The van der Waals surface area contributed by atoms with Gasteiger partial charge in [-0.25, -0.2) is 0 Å². The molecule has 0 aliphatic carbocycles. The van der Waals surface area contributed by atoms with Gasteiger partial charge in [-0.3, -0.25) is 9.59 Å². The molecule has 1 unspecified atom stereocenters. The molecule has 1 N–H and O–H groups in total. The molecule has 0 saturated carbocycles. The first-order chi connectivity index (χ1) is 8.61. The quantitative estimate of drug-likeness (QED) is 0.456. The summed E-state index contributed by atoms with van der Waals surface area (Å²) >= 11 is 0. The van der Waals surface area contributed by atoms with Gasteiger partial charge in [0.2, 0.25) is 0 Å². The number of hydrogen-bond donors (Lipinski definition) is 1. The van der Waals surface area contributed by atoms with Crippen LogP contribution in [0.5, 0.6) is 0 Å². The molecule has 4 nitrogen and oxygen atoms in total. The van der Waals surface area contributed by atoms with Gasteiger partial charge in [0.25, 0.3) is 0 Å². The Bertz CT molecular complexity index is 238. The summed E-state index contributed by atoms with van der Waals surface area (Å²) in [6.07, 6.45) is 6.03. The van der Waals surface area contributed by atoms with Crippen molar-refractivity contribution in [2.24, 2.45) is 5.92 Å². The van der Waals surface area contributed by atoms with E-state index in [-0.39, 0.29) is 11.9 Å². The molecule has 0 aliphatic heterocycles. The number of carboxylic acids is 1. The van der Waals surface area contributed by atoms with Gasteiger partial charge >= 0.3 is 11.9 Å². The summed E-state index contributed by atoms with van der Waals surface area (Å²) in [4.78, 5) is 22.3. The fourth-order valence-corrected chi connectivity index (χ4v) is 1.74. The van der Waals surface area contributed by atoms with Crippen molar-refractivity contribution >= 4 is 11.9 Å². The van der Waals surface area contributed by atoms with Crippen molar-refractivity contribution < 1.29 is 19.4 Å². The highest BCUT2D eigenvalue weighted by Gasteiger charge is 2.16. The van der Waals surface area contributed by atoms with Crippen molar-refractivity contribution in [3.8, 4) is 0 Å². The van der Waals surface area contributed by atoms with Crippen LogP contribution in [-0.4, -0.2) is 23.7 Å². The summed E-state index contributed by atoms with van der Waals surface area (Å²) in [5, 5.41) is 9.02. The largest absolute Gasteiger partial charge is 0.481 e. The van der Waals surface area contributed by atoms with Crippen molar-refractivity contribution in [1.29, 1.82) is 0 Å². The minimum absolute atomic E-state index is 0.205. The lowest BCUT2D eigenvalue weighted by Crippen LogP contribution is -2.14. The molecule has 4 heteroatoms. The summed E-state index contributed by atoms with van der Waals surface area (Å²) in [6.45, 7) is 4.57. The molecule has 0 aromatic heterocycles. The van der Waals surface area contributed by atoms with E-state index in [1.165, 1.54) is 0 Å². The predicted octanol–water partition coefficient (Wildman–Crippen LogP) is 3.39. The lowest BCUT2D eigenvalue weighted by Gasteiger charge is -2.11. The van der Waals surface area contributed by atoms with Gasteiger partial charge < -0.3 is 9.84 Å². The zero-order chi connectivity index (χ0) is 13.8. The van der Waals surface area contributed by atoms with Crippen LogP contribution in [0, 0.1) is 5.92 Å². The smallest absolute Gasteiger partial charge is 0.306 e. The summed E-state index contributed by atoms with van der Waals surface area (Å²) in [7, 11) is 0. The van der Waals surface area contributed by atoms with Crippen LogP contribution in [0.25, 0.3) is 0 Å². The Morgan fingerprint density at radius 1 is 1.06 bits per heavy atom. The number of carbonyl (C=O) groups is 2. The molecule has 0 amide bonds. The first-order valence-corrected chi connectivity index (χ1v) is 7.00. The number of unbranched alkanes of at least 4 members (excludes halogenated alkanes) is 2. The minimum atomic E-state index is -0.747. The molecule has 0 fully saturated rings. The molecule has 106 valence electrons. The maximum absolute atomic E-state index is 11.3. The maximum Gasteiger partial charge on any atom is 0.306 e. The van der Waals surface area contributed by atoms with Crippen LogP contribution in [0.1, 0.15) is 65.2 Å². The topological polar surface area (TPSA) is 63.6 Å². The van der Waals surface area contributed by atoms with E-state index in [4.69, 9.17) is 9.84 Å². The first kappa shape index (κ1) is 16.9. The van der Waals surface area contributed by atoms with Crippen LogP contribution in [0.2, 0.25) is 0 Å². The molecule has 0 aromatic rings. The van der Waals surface area contributed by atoms with Crippen molar-refractivity contribution in [2.45, 2.75) is 65.2 Å². The third-order valence-corrected chi connectivity index (χ3v) is 2.95. The van der Waals surface area contributed by atoms with Crippen LogP contribution in [0.4, 0.5) is 0 Å². The van der Waals surface area contributed by atoms with Crippen LogP contribution in [0.3, 0.4) is 0 Å². The van der Waals surface area contributed by atoms with Crippen LogP contribution in [-0.2, 0) is 14.3 Å². The fourth-order valence-electron chi connectivity index (χ4n) is 1.74. The second kappa shape index (κ2) is 11.1. The SMILES string of the molecule is CCCCOC(=O)CCCC(CCCC)C(=O)O. The second-order valence-electron chi connectivity index (χ2n) is 4.64. The maximum atomic E-state index is 11.3. The number of hydrogen-bond acceptors (Lipinski definition) is 3. The Labute approximate surface area is 110 Å². The lowest BCUT2D eigenvalue weighted by molar-refractivity contribution is -0.145. The minimum Gasteiger partial charge on any atom is -0.481 e. The second-order valence-corrected chi connectivity index (χ2v) is 4.64. The van der Waals surface area contributed by atoms with Gasteiger partial charge in [0.15, 0.2) is 0 Å². The summed E-state index contributed by atoms with van der Waals surface area (Å²) in [6, 6.07) is 0. The molecule has 18 heavy (non-hydrogen) atoms. The van der Waals surface area contributed by atoms with Crippen molar-refractivity contribution in [3.05, 3.63) is 0 Å². The van der Waals surface area contributed by atoms with E-state index >= 15 is 0 Å². The Morgan fingerprint density at radius 3 is 2.22 bits per heavy atom. The van der Waals surface area contributed by atoms with Crippen LogP contribution >= 0.6 is 0 Å². The number of carboxylic acid groups (broad SMARTS) is 1. The van der Waals surface area contributed by atoms with E-state index < -0.39 is 5.97 Å². The van der Waals surface area contributed by atoms with Gasteiger partial charge in [-0.2, -0.15) is 0 Å². The summed E-state index contributed by atoms with van der Waals surface area (Å²) < 4.78 is 5.02. The van der Waals surface area contributed by atoms with Gasteiger partial charge in [-0.05, 0) is 25.7 Å². The lowest BCUT2D eigenvalue weighted by atomic mass is 9.96. The predicted molar refractivity (Wildman–Crippen MR) is 70.4 cm³/mol. The normalized spacial score (nSPS) is 12.1. The van der Waals surface area contributed by atoms with Crippen molar-refractivity contribution in [2.75, 3.05) is 6.61 Å². The third-order valence-electron chi connectivity index (χ3n) is 2.95. The molecule has 0 radical (unpaired) electrons. The third kappa shape index (κ3) is 9.02. The number of ether oxygens (including phenoxy) is 1. The molecule has 0 aromatic carbocycles. The van der Waals surface area contributed by atoms with Gasteiger partial charge in [0, 0.05) is 6.42 Å². The van der Waals surface area contributed by atoms with E-state index in [0.29, 0.717) is 32.3 Å². The van der Waals surface area contributed by atoms with E-state index in [2.05, 4.69) is 0 Å². The molecule has 0 aliphatic rings. The average molecular weight is 258 g/mol. The zero-order valence-electron chi connectivity index (χ0n) is 11.6. The van der Waals surface area contributed by atoms with Crippen molar-refractivity contribution in [1.82, 2.24) is 0 Å². The van der Waals surface area contributed by atoms with E-state index in [9.17, 15) is 9.59 Å². The molecule has 1 atom stereocenters. The van der Waals surface area contributed by atoms with Gasteiger partial charge in [-0.1, -0.05) is 33.1 Å². The highest BCUT2D eigenvalue weighted by atomic mass is 16.5. The van der Waals surface area contributed by atoms with E-state index in [1.54, 1.807) is 0 Å². The zero-order valence-corrected chi connectivity index (χ0v) is 11.6. The fraction of sp³-hybridized carbons (Fsp3) is 0.857. The molecular formula is C14H26O4.